The summed E-state index contributed by atoms with van der Waals surface area (Å²) in [5.41, 5.74) is -0.129. The predicted octanol–water partition coefficient (Wildman–Crippen LogP) is 0.263. The molecule has 0 aliphatic carbocycles. The maximum Gasteiger partial charge on any atom is 0.234 e. The number of carbonyl (C=O) groups excluding carboxylic acids is 1. The number of aliphatic hydroxyl groups excluding tert-OH is 1. The minimum absolute atomic E-state index is 0.00906. The van der Waals surface area contributed by atoms with Gasteiger partial charge in [-0.25, -0.2) is 0 Å². The van der Waals surface area contributed by atoms with Crippen LogP contribution in [0.15, 0.2) is 0 Å². The third kappa shape index (κ3) is 6.86. The van der Waals surface area contributed by atoms with Crippen LogP contribution in [0.4, 0.5) is 0 Å². The van der Waals surface area contributed by atoms with Crippen LogP contribution in [0, 0.1) is 0 Å². The van der Waals surface area contributed by atoms with Gasteiger partial charge < -0.3 is 15.7 Å². The van der Waals surface area contributed by atoms with E-state index in [0.717, 1.165) is 6.42 Å². The smallest absolute Gasteiger partial charge is 0.234 e. The summed E-state index contributed by atoms with van der Waals surface area (Å²) in [4.78, 5) is 11.3. The Balaban J connectivity index is 3.55. The molecule has 0 bridgehead atoms. The zero-order valence-electron chi connectivity index (χ0n) is 9.39. The second-order valence-electron chi connectivity index (χ2n) is 4.04. The molecular weight excluding hydrogens is 180 g/mol. The normalized spacial score (nSPS) is 11.4. The lowest BCUT2D eigenvalue weighted by Gasteiger charge is -2.24. The summed E-state index contributed by atoms with van der Waals surface area (Å²) < 4.78 is 0. The molecule has 0 spiro atoms. The van der Waals surface area contributed by atoms with Gasteiger partial charge in [0.05, 0.1) is 6.54 Å². The van der Waals surface area contributed by atoms with E-state index in [9.17, 15) is 4.79 Å². The fourth-order valence-electron chi connectivity index (χ4n) is 0.916. The first-order valence-electron chi connectivity index (χ1n) is 5.14. The standard InChI is InChI=1S/C10H22N2O2/c1-4-10(2,3)12-9(14)8-11-6-5-7-13/h11,13H,4-8H2,1-3H3,(H,12,14). The summed E-state index contributed by atoms with van der Waals surface area (Å²) in [7, 11) is 0. The summed E-state index contributed by atoms with van der Waals surface area (Å²) >= 11 is 0. The van der Waals surface area contributed by atoms with Gasteiger partial charge in [-0.05, 0) is 33.2 Å². The number of carbonyl (C=O) groups is 1. The molecule has 4 heteroatoms. The van der Waals surface area contributed by atoms with Crippen molar-refractivity contribution in [2.45, 2.75) is 39.2 Å². The Morgan fingerprint density at radius 2 is 2.07 bits per heavy atom. The van der Waals surface area contributed by atoms with Gasteiger partial charge in [0.15, 0.2) is 0 Å². The van der Waals surface area contributed by atoms with E-state index in [0.29, 0.717) is 19.5 Å². The van der Waals surface area contributed by atoms with Gasteiger partial charge in [-0.1, -0.05) is 6.92 Å². The molecule has 0 aromatic rings. The minimum Gasteiger partial charge on any atom is -0.396 e. The molecule has 84 valence electrons. The molecule has 1 amide bonds. The number of nitrogens with one attached hydrogen (secondary N) is 2. The molecule has 0 aromatic carbocycles. The van der Waals surface area contributed by atoms with Crippen molar-refractivity contribution in [3.63, 3.8) is 0 Å². The van der Waals surface area contributed by atoms with Crippen molar-refractivity contribution in [1.82, 2.24) is 10.6 Å². The van der Waals surface area contributed by atoms with Crippen LogP contribution in [-0.4, -0.2) is 36.2 Å². The number of hydrogen-bond donors (Lipinski definition) is 3. The third-order valence-corrected chi connectivity index (χ3v) is 2.16. The quantitative estimate of drug-likeness (QED) is 0.519. The molecule has 0 unspecified atom stereocenters. The summed E-state index contributed by atoms with van der Waals surface area (Å²) in [6.07, 6.45) is 1.60. The van der Waals surface area contributed by atoms with Crippen molar-refractivity contribution in [1.29, 1.82) is 0 Å². The molecular formula is C10H22N2O2. The van der Waals surface area contributed by atoms with Crippen molar-refractivity contribution in [2.24, 2.45) is 0 Å². The van der Waals surface area contributed by atoms with Crippen molar-refractivity contribution >= 4 is 5.91 Å². The van der Waals surface area contributed by atoms with Crippen LogP contribution in [0.2, 0.25) is 0 Å². The van der Waals surface area contributed by atoms with Crippen molar-refractivity contribution in [3.05, 3.63) is 0 Å². The zero-order chi connectivity index (χ0) is 11.0. The topological polar surface area (TPSA) is 61.4 Å². The van der Waals surface area contributed by atoms with E-state index in [2.05, 4.69) is 10.6 Å². The van der Waals surface area contributed by atoms with E-state index < -0.39 is 0 Å². The number of rotatable bonds is 7. The molecule has 0 radical (unpaired) electrons. The van der Waals surface area contributed by atoms with E-state index in [1.165, 1.54) is 0 Å². The first-order valence-corrected chi connectivity index (χ1v) is 5.14. The highest BCUT2D eigenvalue weighted by Gasteiger charge is 2.16. The summed E-state index contributed by atoms with van der Waals surface area (Å²) in [5, 5.41) is 14.4. The molecule has 0 rings (SSSR count). The van der Waals surface area contributed by atoms with Crippen molar-refractivity contribution in [3.8, 4) is 0 Å². The molecule has 14 heavy (non-hydrogen) atoms. The first-order chi connectivity index (χ1) is 6.52. The van der Waals surface area contributed by atoms with Gasteiger partial charge in [0.1, 0.15) is 0 Å². The third-order valence-electron chi connectivity index (χ3n) is 2.16. The monoisotopic (exact) mass is 202 g/mol. The van der Waals surface area contributed by atoms with Gasteiger partial charge in [-0.2, -0.15) is 0 Å². The van der Waals surface area contributed by atoms with Crippen LogP contribution in [0.3, 0.4) is 0 Å². The summed E-state index contributed by atoms with van der Waals surface area (Å²) in [6.45, 7) is 7.20. The van der Waals surface area contributed by atoms with Crippen molar-refractivity contribution in [2.75, 3.05) is 19.7 Å². The molecule has 0 aliphatic heterocycles. The highest BCUT2D eigenvalue weighted by Crippen LogP contribution is 2.05. The second-order valence-corrected chi connectivity index (χ2v) is 4.04. The molecule has 0 fully saturated rings. The van der Waals surface area contributed by atoms with Gasteiger partial charge in [0.25, 0.3) is 0 Å². The molecule has 0 heterocycles. The highest BCUT2D eigenvalue weighted by molar-refractivity contribution is 5.78. The van der Waals surface area contributed by atoms with E-state index in [1.54, 1.807) is 0 Å². The van der Waals surface area contributed by atoms with Gasteiger partial charge in [-0.15, -0.1) is 0 Å². The Hall–Kier alpha value is -0.610. The number of aliphatic hydroxyl groups is 1. The average Bonchev–Trinajstić information content (AvgIpc) is 2.12. The fraction of sp³-hybridized carbons (Fsp3) is 0.900. The number of amides is 1. The largest absolute Gasteiger partial charge is 0.396 e. The summed E-state index contributed by atoms with van der Waals surface area (Å²) in [6, 6.07) is 0. The minimum atomic E-state index is -0.129. The van der Waals surface area contributed by atoms with E-state index in [1.807, 2.05) is 20.8 Å². The lowest BCUT2D eigenvalue weighted by Crippen LogP contribution is -2.46. The molecule has 4 nitrogen and oxygen atoms in total. The Bertz CT molecular complexity index is 170. The van der Waals surface area contributed by atoms with Crippen molar-refractivity contribution < 1.29 is 9.90 Å². The number of hydrogen-bond acceptors (Lipinski definition) is 3. The van der Waals surface area contributed by atoms with Crippen LogP contribution in [0.25, 0.3) is 0 Å². The SMILES string of the molecule is CCC(C)(C)NC(=O)CNCCCO. The van der Waals surface area contributed by atoms with Crippen LogP contribution >= 0.6 is 0 Å². The zero-order valence-corrected chi connectivity index (χ0v) is 9.39. The van der Waals surface area contributed by atoms with Gasteiger partial charge in [0.2, 0.25) is 5.91 Å². The highest BCUT2D eigenvalue weighted by atomic mass is 16.3. The van der Waals surface area contributed by atoms with Gasteiger partial charge >= 0.3 is 0 Å². The molecule has 0 atom stereocenters. The van der Waals surface area contributed by atoms with E-state index in [4.69, 9.17) is 5.11 Å². The van der Waals surface area contributed by atoms with Crippen LogP contribution in [-0.2, 0) is 4.79 Å². The predicted molar refractivity (Wildman–Crippen MR) is 57.1 cm³/mol. The molecule has 3 N–H and O–H groups in total. The maximum absolute atomic E-state index is 11.3. The molecule has 0 aromatic heterocycles. The van der Waals surface area contributed by atoms with Crippen LogP contribution in [0.1, 0.15) is 33.6 Å². The lowest BCUT2D eigenvalue weighted by molar-refractivity contribution is -0.121. The van der Waals surface area contributed by atoms with Crippen LogP contribution in [0.5, 0.6) is 0 Å². The Morgan fingerprint density at radius 3 is 2.57 bits per heavy atom. The van der Waals surface area contributed by atoms with Gasteiger partial charge in [0, 0.05) is 12.1 Å². The Kier molecular flexibility index (Phi) is 6.49. The molecule has 0 saturated carbocycles. The van der Waals surface area contributed by atoms with E-state index in [-0.39, 0.29) is 18.1 Å². The molecule has 0 saturated heterocycles. The first kappa shape index (κ1) is 13.4. The molecule has 0 aliphatic rings. The van der Waals surface area contributed by atoms with Gasteiger partial charge in [-0.3, -0.25) is 4.79 Å². The maximum atomic E-state index is 11.3. The summed E-state index contributed by atoms with van der Waals surface area (Å²) in [5.74, 6) is 0.00906. The average molecular weight is 202 g/mol. The fourth-order valence-corrected chi connectivity index (χ4v) is 0.916. The Morgan fingerprint density at radius 1 is 1.43 bits per heavy atom. The lowest BCUT2D eigenvalue weighted by atomic mass is 10.0. The van der Waals surface area contributed by atoms with Crippen LogP contribution < -0.4 is 10.6 Å². The Labute approximate surface area is 86.1 Å². The second kappa shape index (κ2) is 6.79. The van der Waals surface area contributed by atoms with E-state index >= 15 is 0 Å².